The third-order valence-electron chi connectivity index (χ3n) is 4.93. The molecule has 1 aliphatic heterocycles. The quantitative estimate of drug-likeness (QED) is 0.726. The molecule has 2 N–H and O–H groups in total. The molecule has 1 saturated heterocycles. The SMILES string of the molecule is Cn1cnc(-c2ccc(NC(=O)N3C[C@@H](CO)[C@H](c4ccsc4)C3)cc2)n1. The number of aliphatic hydroxyl groups excluding tert-OH is 1. The van der Waals surface area contributed by atoms with Crippen LogP contribution in [-0.4, -0.2) is 50.5 Å². The molecule has 0 aliphatic carbocycles. The largest absolute Gasteiger partial charge is 0.396 e. The van der Waals surface area contributed by atoms with Gasteiger partial charge in [0.1, 0.15) is 6.33 Å². The predicted octanol–water partition coefficient (Wildman–Crippen LogP) is 2.78. The number of aromatic nitrogens is 3. The van der Waals surface area contributed by atoms with Crippen molar-refractivity contribution < 1.29 is 9.90 Å². The molecule has 0 unspecified atom stereocenters. The molecule has 140 valence electrons. The van der Waals surface area contributed by atoms with Gasteiger partial charge in [-0.05, 0) is 46.7 Å². The Hall–Kier alpha value is -2.71. The summed E-state index contributed by atoms with van der Waals surface area (Å²) in [7, 11) is 1.82. The van der Waals surface area contributed by atoms with Crippen molar-refractivity contribution in [2.24, 2.45) is 13.0 Å². The Balaban J connectivity index is 1.42. The maximum absolute atomic E-state index is 12.7. The second-order valence-corrected chi connectivity index (χ2v) is 7.54. The van der Waals surface area contributed by atoms with E-state index in [0.717, 1.165) is 11.3 Å². The standard InChI is InChI=1S/C19H21N5O2S/c1-23-12-20-18(22-23)13-2-4-16(5-3-13)21-19(26)24-8-15(10-25)17(9-24)14-6-7-27-11-14/h2-7,11-12,15,17,25H,8-10H2,1H3,(H,21,26)/t15-,17-/m0/s1. The number of carbonyl (C=O) groups is 1. The molecule has 1 aliphatic rings. The number of carbonyl (C=O) groups excluding carboxylic acids is 1. The molecule has 3 aromatic rings. The zero-order valence-corrected chi connectivity index (χ0v) is 15.8. The highest BCUT2D eigenvalue weighted by molar-refractivity contribution is 7.08. The van der Waals surface area contributed by atoms with Gasteiger partial charge >= 0.3 is 6.03 Å². The van der Waals surface area contributed by atoms with E-state index in [4.69, 9.17) is 0 Å². The highest BCUT2D eigenvalue weighted by atomic mass is 32.1. The molecule has 0 saturated carbocycles. The zero-order valence-electron chi connectivity index (χ0n) is 14.9. The average molecular weight is 383 g/mol. The van der Waals surface area contributed by atoms with Gasteiger partial charge in [-0.25, -0.2) is 9.78 Å². The number of nitrogens with zero attached hydrogens (tertiary/aromatic N) is 4. The summed E-state index contributed by atoms with van der Waals surface area (Å²) in [6.45, 7) is 1.25. The topological polar surface area (TPSA) is 83.3 Å². The van der Waals surface area contributed by atoms with E-state index in [0.29, 0.717) is 18.9 Å². The van der Waals surface area contributed by atoms with E-state index >= 15 is 0 Å². The third kappa shape index (κ3) is 3.72. The van der Waals surface area contributed by atoms with Crippen LogP contribution in [-0.2, 0) is 7.05 Å². The molecule has 3 heterocycles. The number of thiophene rings is 1. The molecule has 2 aromatic heterocycles. The summed E-state index contributed by atoms with van der Waals surface area (Å²) in [5.74, 6) is 0.909. The Labute approximate surface area is 161 Å². The molecular weight excluding hydrogens is 362 g/mol. The van der Waals surface area contributed by atoms with Crippen molar-refractivity contribution in [1.82, 2.24) is 19.7 Å². The Bertz CT molecular complexity index is 907. The number of likely N-dealkylation sites (tertiary alicyclic amines) is 1. The summed E-state index contributed by atoms with van der Waals surface area (Å²) in [6, 6.07) is 9.40. The lowest BCUT2D eigenvalue weighted by Crippen LogP contribution is -2.33. The molecule has 27 heavy (non-hydrogen) atoms. The molecule has 8 heteroatoms. The van der Waals surface area contributed by atoms with Gasteiger partial charge in [0.15, 0.2) is 5.82 Å². The minimum Gasteiger partial charge on any atom is -0.396 e. The normalized spacial score (nSPS) is 19.4. The molecule has 1 aromatic carbocycles. The van der Waals surface area contributed by atoms with Crippen molar-refractivity contribution in [1.29, 1.82) is 0 Å². The summed E-state index contributed by atoms with van der Waals surface area (Å²) >= 11 is 1.64. The van der Waals surface area contributed by atoms with Crippen molar-refractivity contribution in [2.75, 3.05) is 25.0 Å². The van der Waals surface area contributed by atoms with Crippen LogP contribution in [0.5, 0.6) is 0 Å². The van der Waals surface area contributed by atoms with Gasteiger partial charge in [-0.3, -0.25) is 4.68 Å². The second-order valence-electron chi connectivity index (χ2n) is 6.76. The van der Waals surface area contributed by atoms with E-state index in [9.17, 15) is 9.90 Å². The fourth-order valence-corrected chi connectivity index (χ4v) is 4.19. The van der Waals surface area contributed by atoms with E-state index in [2.05, 4.69) is 26.8 Å². The average Bonchev–Trinajstić information content (AvgIpc) is 3.42. The lowest BCUT2D eigenvalue weighted by molar-refractivity contribution is 0.207. The van der Waals surface area contributed by atoms with Crippen LogP contribution in [0.1, 0.15) is 11.5 Å². The monoisotopic (exact) mass is 383 g/mol. The summed E-state index contributed by atoms with van der Waals surface area (Å²) < 4.78 is 1.65. The van der Waals surface area contributed by atoms with Crippen molar-refractivity contribution >= 4 is 23.1 Å². The van der Waals surface area contributed by atoms with Gasteiger partial charge in [-0.2, -0.15) is 16.4 Å². The number of nitrogens with one attached hydrogen (secondary N) is 1. The summed E-state index contributed by atoms with van der Waals surface area (Å²) in [5.41, 5.74) is 2.81. The van der Waals surface area contributed by atoms with Crippen molar-refractivity contribution in [2.45, 2.75) is 5.92 Å². The fraction of sp³-hybridized carbons (Fsp3) is 0.316. The molecule has 7 nitrogen and oxygen atoms in total. The first-order valence-electron chi connectivity index (χ1n) is 8.79. The predicted molar refractivity (Wildman–Crippen MR) is 105 cm³/mol. The number of benzene rings is 1. The number of aryl methyl sites for hydroxylation is 1. The molecule has 4 rings (SSSR count). The van der Waals surface area contributed by atoms with Crippen molar-refractivity contribution in [3.05, 3.63) is 53.0 Å². The van der Waals surface area contributed by atoms with E-state index < -0.39 is 0 Å². The number of amides is 2. The Morgan fingerprint density at radius 1 is 1.30 bits per heavy atom. The van der Waals surface area contributed by atoms with Crippen molar-refractivity contribution in [3.8, 4) is 11.4 Å². The first-order chi connectivity index (χ1) is 13.1. The first-order valence-corrected chi connectivity index (χ1v) is 9.73. The molecule has 0 spiro atoms. The number of rotatable bonds is 4. The van der Waals surface area contributed by atoms with Gasteiger partial charge in [-0.1, -0.05) is 0 Å². The van der Waals surface area contributed by atoms with Crippen LogP contribution in [0.25, 0.3) is 11.4 Å². The minimum absolute atomic E-state index is 0.0722. The Kier molecular flexibility index (Phi) is 4.91. The molecule has 0 bridgehead atoms. The van der Waals surface area contributed by atoms with Crippen LogP contribution >= 0.6 is 11.3 Å². The summed E-state index contributed by atoms with van der Waals surface area (Å²) in [4.78, 5) is 18.7. The maximum atomic E-state index is 12.7. The smallest absolute Gasteiger partial charge is 0.321 e. The second kappa shape index (κ2) is 7.50. The maximum Gasteiger partial charge on any atom is 0.321 e. The molecular formula is C19H21N5O2S. The molecule has 2 amide bonds. The van der Waals surface area contributed by atoms with E-state index in [1.807, 2.05) is 36.7 Å². The van der Waals surface area contributed by atoms with Crippen LogP contribution in [0.4, 0.5) is 10.5 Å². The van der Waals surface area contributed by atoms with E-state index in [1.165, 1.54) is 5.56 Å². The van der Waals surface area contributed by atoms with Gasteiger partial charge in [0.25, 0.3) is 0 Å². The van der Waals surface area contributed by atoms with Crippen LogP contribution < -0.4 is 5.32 Å². The first kappa shape index (κ1) is 17.7. The molecule has 1 fully saturated rings. The Morgan fingerprint density at radius 3 is 2.74 bits per heavy atom. The summed E-state index contributed by atoms with van der Waals surface area (Å²) in [6.07, 6.45) is 1.65. The number of anilines is 1. The summed E-state index contributed by atoms with van der Waals surface area (Å²) in [5, 5.41) is 21.0. The number of hydrogen-bond acceptors (Lipinski definition) is 5. The van der Waals surface area contributed by atoms with Gasteiger partial charge < -0.3 is 15.3 Å². The van der Waals surface area contributed by atoms with E-state index in [-0.39, 0.29) is 24.5 Å². The van der Waals surface area contributed by atoms with Gasteiger partial charge in [0.2, 0.25) is 0 Å². The number of urea groups is 1. The zero-order chi connectivity index (χ0) is 18.8. The molecule has 0 radical (unpaired) electrons. The van der Waals surface area contributed by atoms with Gasteiger partial charge in [-0.15, -0.1) is 0 Å². The number of hydrogen-bond donors (Lipinski definition) is 2. The Morgan fingerprint density at radius 2 is 2.11 bits per heavy atom. The van der Waals surface area contributed by atoms with Gasteiger partial charge in [0, 0.05) is 49.8 Å². The lowest BCUT2D eigenvalue weighted by atomic mass is 9.92. The van der Waals surface area contributed by atoms with Crippen molar-refractivity contribution in [3.63, 3.8) is 0 Å². The lowest BCUT2D eigenvalue weighted by Gasteiger charge is -2.17. The van der Waals surface area contributed by atoms with Gasteiger partial charge in [0.05, 0.1) is 0 Å². The van der Waals surface area contributed by atoms with Crippen LogP contribution in [0.3, 0.4) is 0 Å². The minimum atomic E-state index is -0.144. The highest BCUT2D eigenvalue weighted by Crippen LogP contribution is 2.33. The van der Waals surface area contributed by atoms with Crippen LogP contribution in [0.2, 0.25) is 0 Å². The van der Waals surface area contributed by atoms with E-state index in [1.54, 1.807) is 27.2 Å². The fourth-order valence-electron chi connectivity index (χ4n) is 3.46. The highest BCUT2D eigenvalue weighted by Gasteiger charge is 2.35. The van der Waals surface area contributed by atoms with Crippen LogP contribution in [0.15, 0.2) is 47.4 Å². The van der Waals surface area contributed by atoms with Crippen LogP contribution in [0, 0.1) is 5.92 Å². The molecule has 2 atom stereocenters. The third-order valence-corrected chi connectivity index (χ3v) is 5.63. The number of aliphatic hydroxyl groups is 1.